The molecule has 1 N–H and O–H groups in total. The van der Waals surface area contributed by atoms with Gasteiger partial charge in [-0.15, -0.1) is 11.8 Å². The number of thioether (sulfide) groups is 1. The highest BCUT2D eigenvalue weighted by Gasteiger charge is 2.16. The Bertz CT molecular complexity index is 662. The van der Waals surface area contributed by atoms with Crippen LogP contribution in [0.4, 0.5) is 5.69 Å². The smallest absolute Gasteiger partial charge is 0.221 e. The van der Waals surface area contributed by atoms with E-state index >= 15 is 0 Å². The van der Waals surface area contributed by atoms with Crippen molar-refractivity contribution in [3.05, 3.63) is 59.7 Å². The summed E-state index contributed by atoms with van der Waals surface area (Å²) in [5.74, 6) is 0.0271. The van der Waals surface area contributed by atoms with Crippen molar-refractivity contribution in [2.45, 2.75) is 30.9 Å². The van der Waals surface area contributed by atoms with Crippen LogP contribution in [0.3, 0.4) is 0 Å². The van der Waals surface area contributed by atoms with Crippen molar-refractivity contribution in [1.29, 1.82) is 0 Å². The Balaban J connectivity index is 2.01. The van der Waals surface area contributed by atoms with Gasteiger partial charge in [0.1, 0.15) is 0 Å². The molecule has 0 spiro atoms. The molecule has 2 aromatic rings. The molecule has 0 saturated heterocycles. The van der Waals surface area contributed by atoms with Gasteiger partial charge < -0.3 is 5.32 Å². The summed E-state index contributed by atoms with van der Waals surface area (Å²) in [5.41, 5.74) is 2.64. The summed E-state index contributed by atoms with van der Waals surface area (Å²) in [7, 11) is 0. The van der Waals surface area contributed by atoms with Crippen molar-refractivity contribution in [3.8, 4) is 0 Å². The SMILES string of the molecule is CC(=O)Nc1ccc(S[C@@H](C)C(=O)c2ccc(C)cc2)cc1. The fourth-order valence-electron chi connectivity index (χ4n) is 2.03. The number of amides is 1. The maximum absolute atomic E-state index is 12.4. The molecule has 4 heteroatoms. The number of nitrogens with one attached hydrogen (secondary N) is 1. The Labute approximate surface area is 135 Å². The zero-order valence-corrected chi connectivity index (χ0v) is 13.7. The lowest BCUT2D eigenvalue weighted by Gasteiger charge is -2.11. The molecule has 22 heavy (non-hydrogen) atoms. The second-order valence-electron chi connectivity index (χ2n) is 5.20. The molecule has 1 atom stereocenters. The normalized spacial score (nSPS) is 11.8. The van der Waals surface area contributed by atoms with Gasteiger partial charge in [-0.2, -0.15) is 0 Å². The molecule has 0 radical (unpaired) electrons. The van der Waals surface area contributed by atoms with Gasteiger partial charge in [0, 0.05) is 23.1 Å². The first-order valence-corrected chi connectivity index (χ1v) is 7.99. The predicted octanol–water partition coefficient (Wildman–Crippen LogP) is 4.32. The third kappa shape index (κ3) is 4.46. The molecule has 0 aliphatic rings. The van der Waals surface area contributed by atoms with Gasteiger partial charge >= 0.3 is 0 Å². The number of Topliss-reactive ketones (excluding diaryl/α,β-unsaturated/α-hetero) is 1. The number of carbonyl (C=O) groups excluding carboxylic acids is 2. The highest BCUT2D eigenvalue weighted by molar-refractivity contribution is 8.00. The van der Waals surface area contributed by atoms with E-state index in [1.807, 2.05) is 62.4 Å². The van der Waals surface area contributed by atoms with Gasteiger partial charge in [-0.1, -0.05) is 29.8 Å². The van der Waals surface area contributed by atoms with Crippen molar-refractivity contribution < 1.29 is 9.59 Å². The molecule has 3 nitrogen and oxygen atoms in total. The lowest BCUT2D eigenvalue weighted by molar-refractivity contribution is -0.114. The lowest BCUT2D eigenvalue weighted by Crippen LogP contribution is -2.13. The number of hydrogen-bond donors (Lipinski definition) is 1. The second-order valence-corrected chi connectivity index (χ2v) is 6.61. The van der Waals surface area contributed by atoms with Crippen LogP contribution in [0.1, 0.15) is 29.8 Å². The third-order valence-electron chi connectivity index (χ3n) is 3.19. The Morgan fingerprint density at radius 1 is 1.00 bits per heavy atom. The minimum absolute atomic E-state index is 0.0941. The first-order chi connectivity index (χ1) is 10.5. The van der Waals surface area contributed by atoms with E-state index in [9.17, 15) is 9.59 Å². The molecular formula is C18H19NO2S. The first-order valence-electron chi connectivity index (χ1n) is 7.11. The Kier molecular flexibility index (Phi) is 5.39. The fourth-order valence-corrected chi connectivity index (χ4v) is 2.97. The standard InChI is InChI=1S/C18H19NO2S/c1-12-4-6-15(7-5-12)18(21)13(2)22-17-10-8-16(9-11-17)19-14(3)20/h4-11,13H,1-3H3,(H,19,20)/t13-/m0/s1. The lowest BCUT2D eigenvalue weighted by atomic mass is 10.1. The van der Waals surface area contributed by atoms with Crippen molar-refractivity contribution in [2.75, 3.05) is 5.32 Å². The van der Waals surface area contributed by atoms with Crippen LogP contribution in [0.15, 0.2) is 53.4 Å². The molecular weight excluding hydrogens is 294 g/mol. The topological polar surface area (TPSA) is 46.2 Å². The second kappa shape index (κ2) is 7.27. The molecule has 2 rings (SSSR count). The van der Waals surface area contributed by atoms with E-state index in [0.717, 1.165) is 21.7 Å². The van der Waals surface area contributed by atoms with Crippen LogP contribution in [0.2, 0.25) is 0 Å². The van der Waals surface area contributed by atoms with E-state index in [0.29, 0.717) is 0 Å². The van der Waals surface area contributed by atoms with Crippen LogP contribution >= 0.6 is 11.8 Å². The molecule has 0 aliphatic carbocycles. The monoisotopic (exact) mass is 313 g/mol. The summed E-state index contributed by atoms with van der Waals surface area (Å²) < 4.78 is 0. The summed E-state index contributed by atoms with van der Waals surface area (Å²) in [5, 5.41) is 2.57. The Morgan fingerprint density at radius 3 is 2.14 bits per heavy atom. The summed E-state index contributed by atoms with van der Waals surface area (Å²) in [6.07, 6.45) is 0. The number of hydrogen-bond acceptors (Lipinski definition) is 3. The Morgan fingerprint density at radius 2 is 1.59 bits per heavy atom. The van der Waals surface area contributed by atoms with E-state index in [-0.39, 0.29) is 16.9 Å². The molecule has 2 aromatic carbocycles. The molecule has 0 fully saturated rings. The number of ketones is 1. The van der Waals surface area contributed by atoms with Crippen molar-refractivity contribution in [3.63, 3.8) is 0 Å². The van der Waals surface area contributed by atoms with Crippen LogP contribution in [-0.4, -0.2) is 16.9 Å². The van der Waals surface area contributed by atoms with Crippen LogP contribution in [0, 0.1) is 6.92 Å². The molecule has 0 aliphatic heterocycles. The number of aryl methyl sites for hydroxylation is 1. The third-order valence-corrected chi connectivity index (χ3v) is 4.30. The average molecular weight is 313 g/mol. The Hall–Kier alpha value is -2.07. The minimum Gasteiger partial charge on any atom is -0.326 e. The zero-order chi connectivity index (χ0) is 16.1. The summed E-state index contributed by atoms with van der Waals surface area (Å²) >= 11 is 1.52. The average Bonchev–Trinajstić information content (AvgIpc) is 2.49. The summed E-state index contributed by atoms with van der Waals surface area (Å²) in [6.45, 7) is 5.39. The molecule has 0 heterocycles. The maximum Gasteiger partial charge on any atom is 0.221 e. The van der Waals surface area contributed by atoms with Gasteiger partial charge in [0.05, 0.1) is 5.25 Å². The van der Waals surface area contributed by atoms with Crippen LogP contribution in [0.25, 0.3) is 0 Å². The van der Waals surface area contributed by atoms with Crippen LogP contribution in [-0.2, 0) is 4.79 Å². The van der Waals surface area contributed by atoms with Gasteiger partial charge in [0.2, 0.25) is 5.91 Å². The molecule has 1 amide bonds. The van der Waals surface area contributed by atoms with Crippen LogP contribution < -0.4 is 5.32 Å². The number of benzene rings is 2. The molecule has 0 unspecified atom stereocenters. The van der Waals surface area contributed by atoms with E-state index in [1.165, 1.54) is 18.7 Å². The van der Waals surface area contributed by atoms with E-state index in [1.54, 1.807) is 0 Å². The molecule has 114 valence electrons. The minimum atomic E-state index is -0.158. The van der Waals surface area contributed by atoms with Gasteiger partial charge in [-0.05, 0) is 38.1 Å². The summed E-state index contributed by atoms with van der Waals surface area (Å²) in [6, 6.07) is 15.1. The van der Waals surface area contributed by atoms with Crippen molar-refractivity contribution >= 4 is 29.1 Å². The highest BCUT2D eigenvalue weighted by Crippen LogP contribution is 2.27. The number of rotatable bonds is 5. The van der Waals surface area contributed by atoms with Gasteiger partial charge in [-0.25, -0.2) is 0 Å². The molecule has 0 bridgehead atoms. The largest absolute Gasteiger partial charge is 0.326 e. The van der Waals surface area contributed by atoms with Crippen molar-refractivity contribution in [2.24, 2.45) is 0 Å². The highest BCUT2D eigenvalue weighted by atomic mass is 32.2. The first kappa shape index (κ1) is 16.3. The molecule has 0 saturated carbocycles. The van der Waals surface area contributed by atoms with E-state index in [4.69, 9.17) is 0 Å². The fraction of sp³-hybridized carbons (Fsp3) is 0.222. The maximum atomic E-state index is 12.4. The van der Waals surface area contributed by atoms with E-state index in [2.05, 4.69) is 5.32 Å². The zero-order valence-electron chi connectivity index (χ0n) is 12.9. The number of carbonyl (C=O) groups is 2. The number of anilines is 1. The molecule has 0 aromatic heterocycles. The van der Waals surface area contributed by atoms with Crippen LogP contribution in [0.5, 0.6) is 0 Å². The van der Waals surface area contributed by atoms with E-state index < -0.39 is 0 Å². The van der Waals surface area contributed by atoms with Gasteiger partial charge in [0.15, 0.2) is 5.78 Å². The predicted molar refractivity (Wildman–Crippen MR) is 91.6 cm³/mol. The van der Waals surface area contributed by atoms with Gasteiger partial charge in [0.25, 0.3) is 0 Å². The van der Waals surface area contributed by atoms with Gasteiger partial charge in [-0.3, -0.25) is 9.59 Å². The quantitative estimate of drug-likeness (QED) is 0.660. The van der Waals surface area contributed by atoms with Crippen molar-refractivity contribution in [1.82, 2.24) is 0 Å². The summed E-state index contributed by atoms with van der Waals surface area (Å²) in [4.78, 5) is 24.4.